The van der Waals surface area contributed by atoms with Crippen molar-refractivity contribution in [1.82, 2.24) is 4.90 Å². The Morgan fingerprint density at radius 2 is 1.24 bits per heavy atom. The molecule has 110 valence electrons. The third kappa shape index (κ3) is 16.4. The molecule has 0 aromatic carbocycles. The first-order chi connectivity index (χ1) is 5.79. The minimum absolute atomic E-state index is 0. The summed E-state index contributed by atoms with van der Waals surface area (Å²) in [6.07, 6.45) is 0.830. The first-order valence-corrected chi connectivity index (χ1v) is 4.36. The van der Waals surface area contributed by atoms with E-state index in [1.165, 1.54) is 0 Å². The van der Waals surface area contributed by atoms with E-state index in [2.05, 4.69) is 0 Å². The van der Waals surface area contributed by atoms with Crippen molar-refractivity contribution in [2.75, 3.05) is 32.9 Å². The van der Waals surface area contributed by atoms with Crippen LogP contribution < -0.4 is 0 Å². The summed E-state index contributed by atoms with van der Waals surface area (Å²) >= 11 is 0. The number of hydrogen-bond donors (Lipinski definition) is 3. The zero-order chi connectivity index (χ0) is 9.40. The molecule has 0 aromatic heterocycles. The van der Waals surface area contributed by atoms with Crippen LogP contribution in [-0.4, -0.2) is 81.1 Å². The maximum absolute atomic E-state index is 8.94. The molecular weight excluding hydrogens is 270 g/mol. The monoisotopic (exact) mass is 297 g/mol. The van der Waals surface area contributed by atoms with Gasteiger partial charge in [0.25, 0.3) is 0 Å². The van der Waals surface area contributed by atoms with Crippen molar-refractivity contribution in [3.63, 3.8) is 0 Å². The second-order valence-corrected chi connectivity index (χ2v) is 2.73. The van der Waals surface area contributed by atoms with Crippen LogP contribution in [0.15, 0.2) is 0 Å². The molecule has 0 rings (SSSR count). The van der Waals surface area contributed by atoms with Gasteiger partial charge in [0.15, 0.2) is 0 Å². The molecule has 0 aliphatic carbocycles. The summed E-state index contributed by atoms with van der Waals surface area (Å²) in [7, 11) is 0. The first-order valence-electron chi connectivity index (χ1n) is 4.36. The predicted octanol–water partition coefficient (Wildman–Crippen LogP) is -4.26. The second-order valence-electron chi connectivity index (χ2n) is 2.73. The van der Waals surface area contributed by atoms with Gasteiger partial charge in [-0.25, -0.2) is 0 Å². The van der Waals surface area contributed by atoms with Gasteiger partial charge >= 0.3 is 0 Å². The van der Waals surface area contributed by atoms with Gasteiger partial charge in [0, 0.05) is 40.8 Å². The summed E-state index contributed by atoms with van der Waals surface area (Å²) < 4.78 is 0. The molecule has 0 heterocycles. The van der Waals surface area contributed by atoms with E-state index in [9.17, 15) is 0 Å². The van der Waals surface area contributed by atoms with Crippen molar-refractivity contribution in [2.24, 2.45) is 0 Å². The van der Waals surface area contributed by atoms with E-state index in [0.29, 0.717) is 13.1 Å². The molecule has 0 aromatic rings. The van der Waals surface area contributed by atoms with E-state index in [1.54, 1.807) is 0 Å². The molecule has 1 atom stereocenters. The predicted molar refractivity (Wildman–Crippen MR) is 61.4 cm³/mol. The summed E-state index contributed by atoms with van der Waals surface area (Å²) in [4.78, 5) is 1.89. The van der Waals surface area contributed by atoms with Gasteiger partial charge in [0.1, 0.15) is 0 Å². The number of nitrogens with zero attached hydrogens (tertiary/aromatic N) is 1. The van der Waals surface area contributed by atoms with E-state index in [-0.39, 0.29) is 69.5 Å². The fraction of sp³-hybridized carbons (Fsp3) is 1.00. The number of hydrogen-bond acceptors (Lipinski definition) is 4. The zero-order valence-electron chi connectivity index (χ0n) is 10.1. The van der Waals surface area contributed by atoms with Crippen molar-refractivity contribution in [2.45, 2.75) is 19.4 Å². The molecule has 8 nitrogen and oxygen atoms in total. The summed E-state index contributed by atoms with van der Waals surface area (Å²) in [5.74, 6) is 0. The maximum atomic E-state index is 8.94. The van der Waals surface area contributed by atoms with Crippen LogP contribution in [-0.2, 0) is 21.7 Å². The van der Waals surface area contributed by atoms with E-state index in [0.717, 1.165) is 6.42 Å². The van der Waals surface area contributed by atoms with Crippen LogP contribution in [0, 0.1) is 0 Å². The van der Waals surface area contributed by atoms with Crippen molar-refractivity contribution in [3.8, 4) is 0 Å². The Hall–Kier alpha value is 0.394. The summed E-state index contributed by atoms with van der Waals surface area (Å²) in [5, 5.41) is 26.3. The van der Waals surface area contributed by atoms with Crippen LogP contribution in [0.3, 0.4) is 0 Å². The molecule has 0 spiro atoms. The van der Waals surface area contributed by atoms with Gasteiger partial charge in [-0.2, -0.15) is 0 Å². The fourth-order valence-electron chi connectivity index (χ4n) is 1.24. The normalized spacial score (nSPS) is 9.71. The Morgan fingerprint density at radius 1 is 0.882 bits per heavy atom. The Kier molecular flexibility index (Phi) is 53.6. The molecule has 0 aliphatic rings. The van der Waals surface area contributed by atoms with Gasteiger partial charge in [-0.05, 0) is 6.42 Å². The Balaban J connectivity index is -0.0000000605. The SMILES string of the molecule is CCC(CO)N(CCO)CCO.O.O.O.O.[Ti]. The van der Waals surface area contributed by atoms with E-state index >= 15 is 0 Å². The topological polar surface area (TPSA) is 190 Å². The third-order valence-electron chi connectivity index (χ3n) is 1.97. The summed E-state index contributed by atoms with van der Waals surface area (Å²) in [5.41, 5.74) is 0. The van der Waals surface area contributed by atoms with Crippen molar-refractivity contribution < 1.29 is 58.9 Å². The van der Waals surface area contributed by atoms with E-state index < -0.39 is 0 Å². The minimum Gasteiger partial charge on any atom is -0.412 e. The molecule has 0 bridgehead atoms. The molecule has 11 N–H and O–H groups in total. The average molecular weight is 297 g/mol. The van der Waals surface area contributed by atoms with Crippen molar-refractivity contribution in [3.05, 3.63) is 0 Å². The van der Waals surface area contributed by atoms with Gasteiger partial charge in [0.2, 0.25) is 0 Å². The van der Waals surface area contributed by atoms with Gasteiger partial charge in [-0.15, -0.1) is 0 Å². The second kappa shape index (κ2) is 25.3. The Bertz CT molecular complexity index is 102. The smallest absolute Gasteiger partial charge is 0.0586 e. The number of rotatable bonds is 7. The van der Waals surface area contributed by atoms with Gasteiger partial charge < -0.3 is 37.2 Å². The molecule has 9 heteroatoms. The number of aliphatic hydroxyl groups is 3. The van der Waals surface area contributed by atoms with Crippen LogP contribution in [0.2, 0.25) is 0 Å². The molecule has 17 heavy (non-hydrogen) atoms. The van der Waals surface area contributed by atoms with Crippen molar-refractivity contribution >= 4 is 0 Å². The third-order valence-corrected chi connectivity index (χ3v) is 1.97. The molecule has 0 saturated carbocycles. The van der Waals surface area contributed by atoms with Crippen molar-refractivity contribution in [1.29, 1.82) is 0 Å². The first kappa shape index (κ1) is 36.0. The average Bonchev–Trinajstić information content (AvgIpc) is 2.07. The van der Waals surface area contributed by atoms with Gasteiger partial charge in [0.05, 0.1) is 19.8 Å². The standard InChI is InChI=1S/C8H19NO3.4H2O.Ti/c1-2-8(7-12)9(3-5-10)4-6-11;;;;;/h8,10-12H,2-7H2,1H3;4*1H2;. The largest absolute Gasteiger partial charge is 0.412 e. The van der Waals surface area contributed by atoms with Gasteiger partial charge in [-0.1, -0.05) is 6.92 Å². The van der Waals surface area contributed by atoms with Crippen LogP contribution in [0.5, 0.6) is 0 Å². The summed E-state index contributed by atoms with van der Waals surface area (Å²) in [6.45, 7) is 3.21. The summed E-state index contributed by atoms with van der Waals surface area (Å²) in [6, 6.07) is 0.0595. The maximum Gasteiger partial charge on any atom is 0.0586 e. The molecular formula is C8H27NO7Ti. The van der Waals surface area contributed by atoms with Crippen LogP contribution in [0.25, 0.3) is 0 Å². The van der Waals surface area contributed by atoms with Gasteiger partial charge in [-0.3, -0.25) is 4.90 Å². The van der Waals surface area contributed by atoms with Crippen LogP contribution in [0.1, 0.15) is 13.3 Å². The molecule has 1 unspecified atom stereocenters. The Labute approximate surface area is 116 Å². The zero-order valence-corrected chi connectivity index (χ0v) is 11.7. The molecule has 0 saturated heterocycles. The molecule has 0 radical (unpaired) electrons. The fourth-order valence-corrected chi connectivity index (χ4v) is 1.24. The minimum atomic E-state index is 0. The quantitative estimate of drug-likeness (QED) is 0.401. The molecule has 0 aliphatic heterocycles. The van der Waals surface area contributed by atoms with Crippen LogP contribution in [0.4, 0.5) is 0 Å². The molecule has 0 amide bonds. The Morgan fingerprint density at radius 3 is 1.41 bits per heavy atom. The number of aliphatic hydroxyl groups excluding tert-OH is 3. The van der Waals surface area contributed by atoms with Crippen LogP contribution >= 0.6 is 0 Å². The molecule has 0 fully saturated rings. The van der Waals surface area contributed by atoms with E-state index in [1.807, 2.05) is 11.8 Å². The van der Waals surface area contributed by atoms with E-state index in [4.69, 9.17) is 15.3 Å².